The summed E-state index contributed by atoms with van der Waals surface area (Å²) in [6.45, 7) is 1.80. The van der Waals surface area contributed by atoms with Crippen molar-refractivity contribution in [3.63, 3.8) is 0 Å². The maximum Gasteiger partial charge on any atom is 0.338 e. The molecule has 1 heterocycles. The Kier molecular flexibility index (Phi) is 4.72. The summed E-state index contributed by atoms with van der Waals surface area (Å²) < 4.78 is 2.10. The van der Waals surface area contributed by atoms with Crippen molar-refractivity contribution in [2.75, 3.05) is 5.01 Å². The molecule has 0 aliphatic rings. The lowest BCUT2D eigenvalue weighted by atomic mass is 10.3. The van der Waals surface area contributed by atoms with Crippen LogP contribution in [0.2, 0.25) is 5.02 Å². The van der Waals surface area contributed by atoms with Crippen LogP contribution in [0.15, 0.2) is 28.7 Å². The zero-order valence-electron chi connectivity index (χ0n) is 11.8. The van der Waals surface area contributed by atoms with Gasteiger partial charge in [-0.15, -0.1) is 0 Å². The summed E-state index contributed by atoms with van der Waals surface area (Å²) in [6, 6.07) is 5.46. The van der Waals surface area contributed by atoms with Gasteiger partial charge >= 0.3 is 6.03 Å². The number of anilines is 1. The van der Waals surface area contributed by atoms with Crippen molar-refractivity contribution < 1.29 is 9.59 Å². The van der Waals surface area contributed by atoms with Crippen molar-refractivity contribution in [2.45, 2.75) is 6.92 Å². The van der Waals surface area contributed by atoms with Crippen LogP contribution in [-0.4, -0.2) is 21.7 Å². The summed E-state index contributed by atoms with van der Waals surface area (Å²) in [5.41, 5.74) is 9.05. The normalized spacial score (nSPS) is 10.4. The molecule has 0 unspecified atom stereocenters. The van der Waals surface area contributed by atoms with Crippen LogP contribution in [0.25, 0.3) is 0 Å². The predicted molar refractivity (Wildman–Crippen MR) is 86.6 cm³/mol. The Labute approximate surface area is 140 Å². The van der Waals surface area contributed by atoms with Crippen LogP contribution in [0.3, 0.4) is 0 Å². The van der Waals surface area contributed by atoms with Crippen molar-refractivity contribution in [1.29, 1.82) is 0 Å². The topological polar surface area (TPSA) is 93.2 Å². The number of aryl methyl sites for hydroxylation is 1. The first-order valence-electron chi connectivity index (χ1n) is 6.16. The molecule has 0 aliphatic carbocycles. The van der Waals surface area contributed by atoms with Gasteiger partial charge in [0.15, 0.2) is 5.69 Å². The van der Waals surface area contributed by atoms with Crippen LogP contribution in [0, 0.1) is 6.92 Å². The van der Waals surface area contributed by atoms with Crippen molar-refractivity contribution in [1.82, 2.24) is 15.2 Å². The van der Waals surface area contributed by atoms with Crippen LogP contribution in [0.5, 0.6) is 0 Å². The van der Waals surface area contributed by atoms with Gasteiger partial charge in [-0.2, -0.15) is 5.10 Å². The minimum atomic E-state index is -0.834. The summed E-state index contributed by atoms with van der Waals surface area (Å²) in [4.78, 5) is 23.9. The highest BCUT2D eigenvalue weighted by molar-refractivity contribution is 9.10. The standard InChI is InChI=1S/C13H13BrClN5O2/c1-7-10(14)11(17-19(7)2)12(21)18-20(13(16)22)9-5-3-8(15)4-6-9/h3-6H,1-2H3,(H2,16,22)(H,18,21). The maximum absolute atomic E-state index is 12.3. The molecular weight excluding hydrogens is 374 g/mol. The molecule has 1 aromatic heterocycles. The number of hydrogen-bond acceptors (Lipinski definition) is 3. The van der Waals surface area contributed by atoms with Crippen molar-refractivity contribution in [3.8, 4) is 0 Å². The Bertz CT molecular complexity index is 729. The van der Waals surface area contributed by atoms with Crippen LogP contribution < -0.4 is 16.2 Å². The fraction of sp³-hybridized carbons (Fsp3) is 0.154. The lowest BCUT2D eigenvalue weighted by Crippen LogP contribution is -2.49. The number of nitrogens with zero attached hydrogens (tertiary/aromatic N) is 3. The van der Waals surface area contributed by atoms with E-state index in [1.165, 1.54) is 0 Å². The summed E-state index contributed by atoms with van der Waals surface area (Å²) >= 11 is 9.10. The number of carbonyl (C=O) groups excluding carboxylic acids is 2. The molecule has 0 atom stereocenters. The molecule has 1 aromatic carbocycles. The molecule has 0 spiro atoms. The third-order valence-corrected chi connectivity index (χ3v) is 4.20. The smallest absolute Gasteiger partial charge is 0.338 e. The van der Waals surface area contributed by atoms with E-state index in [1.807, 2.05) is 0 Å². The first-order chi connectivity index (χ1) is 10.3. The monoisotopic (exact) mass is 385 g/mol. The average Bonchev–Trinajstić information content (AvgIpc) is 2.73. The Morgan fingerprint density at radius 1 is 1.36 bits per heavy atom. The molecular formula is C13H13BrClN5O2. The summed E-state index contributed by atoms with van der Waals surface area (Å²) in [5, 5.41) is 5.52. The second-order valence-corrected chi connectivity index (χ2v) is 5.69. The van der Waals surface area contributed by atoms with Gasteiger partial charge in [-0.05, 0) is 47.1 Å². The molecule has 3 N–H and O–H groups in total. The van der Waals surface area contributed by atoms with Gasteiger partial charge in [-0.25, -0.2) is 9.80 Å². The van der Waals surface area contributed by atoms with Gasteiger partial charge in [0.05, 0.1) is 15.9 Å². The van der Waals surface area contributed by atoms with Gasteiger partial charge in [0.1, 0.15) is 0 Å². The first-order valence-corrected chi connectivity index (χ1v) is 7.33. The lowest BCUT2D eigenvalue weighted by Gasteiger charge is -2.20. The Morgan fingerprint density at radius 3 is 2.41 bits per heavy atom. The maximum atomic E-state index is 12.3. The number of amides is 3. The molecule has 22 heavy (non-hydrogen) atoms. The SMILES string of the molecule is Cc1c(Br)c(C(=O)NN(C(N)=O)c2ccc(Cl)cc2)nn1C. The number of benzene rings is 1. The zero-order valence-corrected chi connectivity index (χ0v) is 14.1. The van der Waals surface area contributed by atoms with Crippen molar-refractivity contribution in [3.05, 3.63) is 45.1 Å². The third kappa shape index (κ3) is 3.23. The summed E-state index contributed by atoms with van der Waals surface area (Å²) in [7, 11) is 1.71. The van der Waals surface area contributed by atoms with E-state index in [-0.39, 0.29) is 5.69 Å². The molecule has 0 saturated carbocycles. The average molecular weight is 387 g/mol. The molecule has 3 amide bonds. The van der Waals surface area contributed by atoms with Crippen LogP contribution in [-0.2, 0) is 7.05 Å². The van der Waals surface area contributed by atoms with E-state index in [1.54, 1.807) is 42.9 Å². The second kappa shape index (κ2) is 6.37. The van der Waals surface area contributed by atoms with Crippen molar-refractivity contribution in [2.24, 2.45) is 12.8 Å². The molecule has 0 aliphatic heterocycles. The fourth-order valence-electron chi connectivity index (χ4n) is 1.72. The van der Waals surface area contributed by atoms with Crippen molar-refractivity contribution >= 4 is 45.2 Å². The third-order valence-electron chi connectivity index (χ3n) is 2.99. The number of hydrazine groups is 1. The number of nitrogens with two attached hydrogens (primary N) is 1. The molecule has 2 rings (SSSR count). The van der Waals surface area contributed by atoms with Gasteiger partial charge < -0.3 is 5.73 Å². The number of nitrogens with one attached hydrogen (secondary N) is 1. The highest BCUT2D eigenvalue weighted by Gasteiger charge is 2.22. The second-order valence-electron chi connectivity index (χ2n) is 4.46. The van der Waals surface area contributed by atoms with E-state index >= 15 is 0 Å². The quantitative estimate of drug-likeness (QED) is 0.776. The van der Waals surface area contributed by atoms with E-state index < -0.39 is 11.9 Å². The predicted octanol–water partition coefficient (Wildman–Crippen LogP) is 2.37. The number of aromatic nitrogens is 2. The van der Waals surface area contributed by atoms with Crippen LogP contribution in [0.1, 0.15) is 16.2 Å². The lowest BCUT2D eigenvalue weighted by molar-refractivity contribution is 0.0944. The summed E-state index contributed by atoms with van der Waals surface area (Å²) in [5.74, 6) is -0.565. The minimum Gasteiger partial charge on any atom is -0.350 e. The van der Waals surface area contributed by atoms with E-state index in [0.717, 1.165) is 10.7 Å². The highest BCUT2D eigenvalue weighted by atomic mass is 79.9. The van der Waals surface area contributed by atoms with E-state index in [0.29, 0.717) is 15.2 Å². The Hall–Kier alpha value is -2.06. The van der Waals surface area contributed by atoms with E-state index in [9.17, 15) is 9.59 Å². The molecule has 0 fully saturated rings. The fourth-order valence-corrected chi connectivity index (χ4v) is 2.36. The van der Waals surface area contributed by atoms with Gasteiger partial charge in [0.2, 0.25) is 0 Å². The number of hydrogen-bond donors (Lipinski definition) is 2. The number of halogens is 2. The van der Waals surface area contributed by atoms with Crippen LogP contribution >= 0.6 is 27.5 Å². The molecule has 0 radical (unpaired) electrons. The molecule has 9 heteroatoms. The Morgan fingerprint density at radius 2 is 1.95 bits per heavy atom. The zero-order chi connectivity index (χ0) is 16.4. The number of urea groups is 1. The number of rotatable bonds is 2. The minimum absolute atomic E-state index is 0.153. The highest BCUT2D eigenvalue weighted by Crippen LogP contribution is 2.21. The summed E-state index contributed by atoms with van der Waals surface area (Å²) in [6.07, 6.45) is 0. The molecule has 0 bridgehead atoms. The largest absolute Gasteiger partial charge is 0.350 e. The first kappa shape index (κ1) is 16.3. The van der Waals surface area contributed by atoms with Crippen LogP contribution in [0.4, 0.5) is 10.5 Å². The Balaban J connectivity index is 2.28. The van der Waals surface area contributed by atoms with Gasteiger partial charge in [0.25, 0.3) is 5.91 Å². The van der Waals surface area contributed by atoms with Gasteiger partial charge in [-0.1, -0.05) is 11.6 Å². The molecule has 116 valence electrons. The number of primary amides is 1. The van der Waals surface area contributed by atoms with E-state index in [4.69, 9.17) is 17.3 Å². The number of carbonyl (C=O) groups is 2. The molecule has 7 nitrogen and oxygen atoms in total. The molecule has 0 saturated heterocycles. The molecule has 2 aromatic rings. The van der Waals surface area contributed by atoms with Gasteiger partial charge in [-0.3, -0.25) is 14.9 Å². The van der Waals surface area contributed by atoms with E-state index in [2.05, 4.69) is 26.5 Å². The van der Waals surface area contributed by atoms with Gasteiger partial charge in [0, 0.05) is 12.1 Å².